The molecule has 1 heterocycles. The third kappa shape index (κ3) is 6.38. The molecular weight excluding hydrogens is 523 g/mol. The van der Waals surface area contributed by atoms with Gasteiger partial charge in [-0.2, -0.15) is 0 Å². The first-order valence-corrected chi connectivity index (χ1v) is 11.5. The monoisotopic (exact) mass is 538 g/mol. The number of nitro groups is 1. The fourth-order valence-electron chi connectivity index (χ4n) is 2.93. The minimum Gasteiger partial charge on any atom is -0.479 e. The number of hydrogen-bond donors (Lipinski definition) is 0. The lowest BCUT2D eigenvalue weighted by Gasteiger charge is -2.11. The van der Waals surface area contributed by atoms with E-state index in [1.165, 1.54) is 30.3 Å². The van der Waals surface area contributed by atoms with E-state index < -0.39 is 41.0 Å². The second-order valence-corrected chi connectivity index (χ2v) is 8.71. The number of esters is 1. The van der Waals surface area contributed by atoms with Crippen molar-refractivity contribution in [1.29, 1.82) is 0 Å². The van der Waals surface area contributed by atoms with Crippen LogP contribution in [0.5, 0.6) is 5.75 Å². The second-order valence-electron chi connectivity index (χ2n) is 6.90. The summed E-state index contributed by atoms with van der Waals surface area (Å²) >= 11 is 13.0. The number of ether oxygens (including phenoxy) is 2. The van der Waals surface area contributed by atoms with Crippen LogP contribution in [-0.2, 0) is 14.3 Å². The van der Waals surface area contributed by atoms with Crippen molar-refractivity contribution < 1.29 is 33.6 Å². The van der Waals surface area contributed by atoms with Crippen LogP contribution >= 0.6 is 35.0 Å². The molecule has 0 aromatic heterocycles. The van der Waals surface area contributed by atoms with Gasteiger partial charge in [0.25, 0.3) is 16.8 Å². The Labute approximate surface area is 212 Å². The fraction of sp³-hybridized carbons (Fsp3) is 0.182. The van der Waals surface area contributed by atoms with Gasteiger partial charge < -0.3 is 9.47 Å². The number of hydrogen-bond acceptors (Lipinski definition) is 9. The standard InChI is InChI=1S/C22H16Cl2N2O8S/c1-2-33-19(28)11-34-20-15(23)7-12(8-16(20)24)9-18-21(29)25(22(30)35-18)10-17(27)13-3-5-14(6-4-13)26(31)32/h3-9H,2,10-11H2,1H3/b18-9-. The maximum absolute atomic E-state index is 12.7. The highest BCUT2D eigenvalue weighted by Crippen LogP contribution is 2.37. The Hall–Kier alpha value is -3.41. The van der Waals surface area contributed by atoms with Gasteiger partial charge in [-0.15, -0.1) is 0 Å². The average molecular weight is 539 g/mol. The molecule has 2 amide bonds. The zero-order chi connectivity index (χ0) is 25.7. The molecule has 1 aliphatic heterocycles. The lowest BCUT2D eigenvalue weighted by atomic mass is 10.1. The van der Waals surface area contributed by atoms with Gasteiger partial charge in [0.1, 0.15) is 0 Å². The number of thioether (sulfide) groups is 1. The van der Waals surface area contributed by atoms with E-state index in [0.29, 0.717) is 17.3 Å². The van der Waals surface area contributed by atoms with Gasteiger partial charge in [0.15, 0.2) is 18.1 Å². The van der Waals surface area contributed by atoms with Gasteiger partial charge in [0.05, 0.1) is 33.0 Å². The van der Waals surface area contributed by atoms with Crippen molar-refractivity contribution in [2.24, 2.45) is 0 Å². The Morgan fingerprint density at radius 3 is 2.34 bits per heavy atom. The van der Waals surface area contributed by atoms with Gasteiger partial charge in [-0.25, -0.2) is 4.79 Å². The third-order valence-corrected chi connectivity index (χ3v) is 6.00. The number of nitrogens with zero attached hydrogens (tertiary/aromatic N) is 2. The van der Waals surface area contributed by atoms with Crippen LogP contribution in [0.3, 0.4) is 0 Å². The predicted octanol–water partition coefficient (Wildman–Crippen LogP) is 4.76. The van der Waals surface area contributed by atoms with Crippen LogP contribution in [-0.4, -0.2) is 52.5 Å². The molecule has 0 radical (unpaired) electrons. The van der Waals surface area contributed by atoms with Gasteiger partial charge in [-0.3, -0.25) is 29.4 Å². The number of imide groups is 1. The zero-order valence-electron chi connectivity index (χ0n) is 18.0. The van der Waals surface area contributed by atoms with Crippen molar-refractivity contribution in [2.75, 3.05) is 19.8 Å². The third-order valence-electron chi connectivity index (χ3n) is 4.53. The van der Waals surface area contributed by atoms with Crippen molar-refractivity contribution >= 4 is 69.6 Å². The summed E-state index contributed by atoms with van der Waals surface area (Å²) in [5.41, 5.74) is 0.316. The Balaban J connectivity index is 1.72. The molecule has 2 aromatic rings. The van der Waals surface area contributed by atoms with Crippen LogP contribution in [0.4, 0.5) is 10.5 Å². The SMILES string of the molecule is CCOC(=O)COc1c(Cl)cc(/C=C2\SC(=O)N(CC(=O)c3ccc([N+](=O)[O-])cc3)C2=O)cc1Cl. The number of halogens is 2. The molecule has 0 N–H and O–H groups in total. The van der Waals surface area contributed by atoms with E-state index in [-0.39, 0.29) is 38.6 Å². The maximum atomic E-state index is 12.7. The average Bonchev–Trinajstić information content (AvgIpc) is 3.06. The normalized spacial score (nSPS) is 14.4. The number of amides is 2. The molecule has 182 valence electrons. The highest BCUT2D eigenvalue weighted by Gasteiger charge is 2.36. The molecule has 1 aliphatic rings. The van der Waals surface area contributed by atoms with Crippen LogP contribution in [0.1, 0.15) is 22.8 Å². The van der Waals surface area contributed by atoms with Gasteiger partial charge in [-0.1, -0.05) is 23.2 Å². The molecule has 0 atom stereocenters. The summed E-state index contributed by atoms with van der Waals surface area (Å²) in [6.45, 7) is 0.924. The highest BCUT2D eigenvalue weighted by atomic mass is 35.5. The van der Waals surface area contributed by atoms with Gasteiger partial charge in [0.2, 0.25) is 0 Å². The molecule has 10 nitrogen and oxygen atoms in total. The van der Waals surface area contributed by atoms with Crippen LogP contribution in [0.15, 0.2) is 41.3 Å². The molecular formula is C22H16Cl2N2O8S. The highest BCUT2D eigenvalue weighted by molar-refractivity contribution is 8.18. The quantitative estimate of drug-likeness (QED) is 0.145. The Kier molecular flexibility index (Phi) is 8.49. The molecule has 0 unspecified atom stereocenters. The summed E-state index contributed by atoms with van der Waals surface area (Å²) in [5, 5.41) is 10.2. The molecule has 2 aromatic carbocycles. The van der Waals surface area contributed by atoms with E-state index in [1.807, 2.05) is 0 Å². The van der Waals surface area contributed by atoms with E-state index in [4.69, 9.17) is 32.7 Å². The molecule has 35 heavy (non-hydrogen) atoms. The zero-order valence-corrected chi connectivity index (χ0v) is 20.3. The van der Waals surface area contributed by atoms with Crippen LogP contribution in [0.25, 0.3) is 6.08 Å². The molecule has 0 saturated carbocycles. The van der Waals surface area contributed by atoms with E-state index in [2.05, 4.69) is 0 Å². The first-order valence-electron chi connectivity index (χ1n) is 9.91. The lowest BCUT2D eigenvalue weighted by Crippen LogP contribution is -2.33. The number of rotatable bonds is 9. The molecule has 1 saturated heterocycles. The number of carbonyl (C=O) groups is 4. The molecule has 0 aliphatic carbocycles. The number of non-ortho nitro benzene ring substituents is 1. The summed E-state index contributed by atoms with van der Waals surface area (Å²) in [6, 6.07) is 7.70. The van der Waals surface area contributed by atoms with Gasteiger partial charge >= 0.3 is 5.97 Å². The smallest absolute Gasteiger partial charge is 0.344 e. The van der Waals surface area contributed by atoms with Crippen LogP contribution in [0.2, 0.25) is 10.0 Å². The van der Waals surface area contributed by atoms with E-state index >= 15 is 0 Å². The molecule has 13 heteroatoms. The van der Waals surface area contributed by atoms with Crippen molar-refractivity contribution in [1.82, 2.24) is 4.90 Å². The molecule has 0 spiro atoms. The summed E-state index contributed by atoms with van der Waals surface area (Å²) in [6.07, 6.45) is 1.38. The minimum atomic E-state index is -0.690. The lowest BCUT2D eigenvalue weighted by molar-refractivity contribution is -0.384. The van der Waals surface area contributed by atoms with E-state index in [0.717, 1.165) is 17.0 Å². The summed E-state index contributed by atoms with van der Waals surface area (Å²) in [4.78, 5) is 60.0. The Morgan fingerprint density at radius 2 is 1.77 bits per heavy atom. The van der Waals surface area contributed by atoms with Crippen molar-refractivity contribution in [3.8, 4) is 5.75 Å². The summed E-state index contributed by atoms with van der Waals surface area (Å²) in [5.74, 6) is -1.79. The number of benzene rings is 2. The summed E-state index contributed by atoms with van der Waals surface area (Å²) in [7, 11) is 0. The van der Waals surface area contributed by atoms with Crippen LogP contribution < -0.4 is 4.74 Å². The number of carbonyl (C=O) groups excluding carboxylic acids is 4. The molecule has 1 fully saturated rings. The summed E-state index contributed by atoms with van der Waals surface area (Å²) < 4.78 is 10.1. The first kappa shape index (κ1) is 26.2. The van der Waals surface area contributed by atoms with Gasteiger partial charge in [-0.05, 0) is 54.6 Å². The second kappa shape index (κ2) is 11.3. The van der Waals surface area contributed by atoms with Crippen molar-refractivity contribution in [3.63, 3.8) is 0 Å². The fourth-order valence-corrected chi connectivity index (χ4v) is 4.38. The van der Waals surface area contributed by atoms with E-state index in [9.17, 15) is 29.3 Å². The van der Waals surface area contributed by atoms with Crippen molar-refractivity contribution in [3.05, 3.63) is 72.6 Å². The molecule has 0 bridgehead atoms. The van der Waals surface area contributed by atoms with Crippen LogP contribution in [0, 0.1) is 10.1 Å². The van der Waals surface area contributed by atoms with E-state index in [1.54, 1.807) is 6.92 Å². The maximum Gasteiger partial charge on any atom is 0.344 e. The first-order chi connectivity index (χ1) is 16.6. The topological polar surface area (TPSA) is 133 Å². The predicted molar refractivity (Wildman–Crippen MR) is 129 cm³/mol. The Morgan fingerprint density at radius 1 is 1.14 bits per heavy atom. The number of nitro benzene ring substituents is 1. The largest absolute Gasteiger partial charge is 0.479 e. The molecule has 3 rings (SSSR count). The van der Waals surface area contributed by atoms with Crippen molar-refractivity contribution in [2.45, 2.75) is 6.92 Å². The Bertz CT molecular complexity index is 1220. The number of ketones is 1. The minimum absolute atomic E-state index is 0.0406. The van der Waals surface area contributed by atoms with Gasteiger partial charge in [0, 0.05) is 17.7 Å². The number of Topliss-reactive ketones (excluding diaryl/α,β-unsaturated/α-hetero) is 1.